The topological polar surface area (TPSA) is 52.6 Å². The minimum absolute atomic E-state index is 0.0514. The van der Waals surface area contributed by atoms with Crippen molar-refractivity contribution in [2.75, 3.05) is 0 Å². The highest BCUT2D eigenvalue weighted by atomic mass is 16.5. The highest BCUT2D eigenvalue weighted by molar-refractivity contribution is 5.82. The fraction of sp³-hybridized carbons (Fsp3) is 0.667. The van der Waals surface area contributed by atoms with Crippen molar-refractivity contribution >= 4 is 11.9 Å². The van der Waals surface area contributed by atoms with E-state index >= 15 is 0 Å². The molecular weight excluding hydrogens is 208 g/mol. The van der Waals surface area contributed by atoms with Crippen LogP contribution in [-0.4, -0.2) is 18.0 Å². The molecule has 0 spiro atoms. The van der Waals surface area contributed by atoms with E-state index in [1.807, 2.05) is 0 Å². The maximum atomic E-state index is 11.3. The van der Waals surface area contributed by atoms with Crippen LogP contribution < -0.4 is 0 Å². The summed E-state index contributed by atoms with van der Waals surface area (Å²) >= 11 is 0. The first kappa shape index (κ1) is 11.2. The second-order valence-electron chi connectivity index (χ2n) is 4.36. The standard InChI is InChI=1S/C12H16O4/c13-11(16-10-3-1-2-4-10)7-8-15-12(14)9-5-6-9/h7-10H,1-6H2. The summed E-state index contributed by atoms with van der Waals surface area (Å²) in [6, 6.07) is 0. The van der Waals surface area contributed by atoms with Gasteiger partial charge < -0.3 is 9.47 Å². The van der Waals surface area contributed by atoms with Crippen LogP contribution in [0, 0.1) is 5.92 Å². The summed E-state index contributed by atoms with van der Waals surface area (Å²) < 4.78 is 9.93. The third-order valence-corrected chi connectivity index (χ3v) is 2.88. The van der Waals surface area contributed by atoms with Gasteiger partial charge in [-0.2, -0.15) is 0 Å². The number of esters is 2. The summed E-state index contributed by atoms with van der Waals surface area (Å²) in [6.07, 6.45) is 8.31. The van der Waals surface area contributed by atoms with Gasteiger partial charge in [0.15, 0.2) is 0 Å². The van der Waals surface area contributed by atoms with Gasteiger partial charge in [0.25, 0.3) is 0 Å². The molecular formula is C12H16O4. The first-order valence-corrected chi connectivity index (χ1v) is 5.83. The van der Waals surface area contributed by atoms with Crippen molar-refractivity contribution in [1.29, 1.82) is 0 Å². The summed E-state index contributed by atoms with van der Waals surface area (Å²) in [5.41, 5.74) is 0. The van der Waals surface area contributed by atoms with Crippen molar-refractivity contribution in [2.45, 2.75) is 44.6 Å². The van der Waals surface area contributed by atoms with Crippen molar-refractivity contribution in [2.24, 2.45) is 5.92 Å². The molecule has 0 amide bonds. The Labute approximate surface area is 94.6 Å². The average molecular weight is 224 g/mol. The SMILES string of the molecule is O=C(C=COC(=O)C1CC1)OC1CCCC1. The first-order chi connectivity index (χ1) is 7.75. The zero-order valence-electron chi connectivity index (χ0n) is 9.19. The maximum Gasteiger partial charge on any atom is 0.334 e. The van der Waals surface area contributed by atoms with E-state index in [1.165, 1.54) is 6.08 Å². The van der Waals surface area contributed by atoms with Crippen LogP contribution in [0.1, 0.15) is 38.5 Å². The number of rotatable bonds is 4. The van der Waals surface area contributed by atoms with Gasteiger partial charge in [0, 0.05) is 0 Å². The minimum Gasteiger partial charge on any atom is -0.459 e. The van der Waals surface area contributed by atoms with Gasteiger partial charge in [-0.1, -0.05) is 0 Å². The van der Waals surface area contributed by atoms with Crippen LogP contribution in [0.5, 0.6) is 0 Å². The molecule has 2 saturated carbocycles. The van der Waals surface area contributed by atoms with Crippen molar-refractivity contribution < 1.29 is 19.1 Å². The van der Waals surface area contributed by atoms with E-state index in [4.69, 9.17) is 9.47 Å². The molecule has 88 valence electrons. The second-order valence-corrected chi connectivity index (χ2v) is 4.36. The van der Waals surface area contributed by atoms with E-state index in [9.17, 15) is 9.59 Å². The lowest BCUT2D eigenvalue weighted by Crippen LogP contribution is -2.12. The molecule has 4 nitrogen and oxygen atoms in total. The fourth-order valence-corrected chi connectivity index (χ4v) is 1.78. The average Bonchev–Trinajstić information content (AvgIpc) is 2.99. The Bertz CT molecular complexity index is 298. The molecule has 0 unspecified atom stereocenters. The third kappa shape index (κ3) is 3.36. The van der Waals surface area contributed by atoms with E-state index in [0.29, 0.717) is 0 Å². The summed E-state index contributed by atoms with van der Waals surface area (Å²) in [4.78, 5) is 22.4. The van der Waals surface area contributed by atoms with Crippen LogP contribution in [0.2, 0.25) is 0 Å². The normalized spacial score (nSPS) is 21.2. The summed E-state index contributed by atoms with van der Waals surface area (Å²) in [5, 5.41) is 0. The predicted octanol–water partition coefficient (Wildman–Crippen LogP) is 1.94. The van der Waals surface area contributed by atoms with Gasteiger partial charge in [0.1, 0.15) is 12.4 Å². The van der Waals surface area contributed by atoms with Crippen molar-refractivity contribution in [3.05, 3.63) is 12.3 Å². The van der Waals surface area contributed by atoms with Gasteiger partial charge in [0.2, 0.25) is 0 Å². The van der Waals surface area contributed by atoms with Crippen molar-refractivity contribution in [3.8, 4) is 0 Å². The molecule has 0 atom stereocenters. The number of hydrogen-bond donors (Lipinski definition) is 0. The Morgan fingerprint density at radius 1 is 1.06 bits per heavy atom. The Morgan fingerprint density at radius 3 is 2.38 bits per heavy atom. The largest absolute Gasteiger partial charge is 0.459 e. The Balaban J connectivity index is 1.65. The maximum absolute atomic E-state index is 11.3. The third-order valence-electron chi connectivity index (χ3n) is 2.88. The molecule has 2 fully saturated rings. The molecule has 0 saturated heterocycles. The highest BCUT2D eigenvalue weighted by Gasteiger charge is 2.30. The second kappa shape index (κ2) is 5.14. The van der Waals surface area contributed by atoms with Gasteiger partial charge in [-0.05, 0) is 38.5 Å². The molecule has 0 radical (unpaired) electrons. The van der Waals surface area contributed by atoms with E-state index in [0.717, 1.165) is 44.8 Å². The van der Waals surface area contributed by atoms with Gasteiger partial charge in [0.05, 0.1) is 12.0 Å². The zero-order chi connectivity index (χ0) is 11.4. The molecule has 0 aromatic heterocycles. The number of carbonyl (C=O) groups excluding carboxylic acids is 2. The van der Waals surface area contributed by atoms with Gasteiger partial charge in [-0.25, -0.2) is 4.79 Å². The summed E-state index contributed by atoms with van der Waals surface area (Å²) in [7, 11) is 0. The molecule has 0 aromatic carbocycles. The van der Waals surface area contributed by atoms with Gasteiger partial charge in [-0.15, -0.1) is 0 Å². The lowest BCUT2D eigenvalue weighted by molar-refractivity contribution is -0.143. The van der Waals surface area contributed by atoms with Crippen LogP contribution >= 0.6 is 0 Å². The Hall–Kier alpha value is -1.32. The predicted molar refractivity (Wildman–Crippen MR) is 56.3 cm³/mol. The van der Waals surface area contributed by atoms with Crippen LogP contribution in [-0.2, 0) is 19.1 Å². The molecule has 2 aliphatic rings. The number of carbonyl (C=O) groups is 2. The smallest absolute Gasteiger partial charge is 0.334 e. The lowest BCUT2D eigenvalue weighted by Gasteiger charge is -2.08. The van der Waals surface area contributed by atoms with Crippen LogP contribution in [0.15, 0.2) is 12.3 Å². The van der Waals surface area contributed by atoms with E-state index in [1.54, 1.807) is 0 Å². The minimum atomic E-state index is -0.421. The fourth-order valence-electron chi connectivity index (χ4n) is 1.78. The van der Waals surface area contributed by atoms with E-state index in [2.05, 4.69) is 0 Å². The molecule has 0 aliphatic heterocycles. The lowest BCUT2D eigenvalue weighted by atomic mass is 10.3. The van der Waals surface area contributed by atoms with Crippen LogP contribution in [0.4, 0.5) is 0 Å². The molecule has 4 heteroatoms. The van der Waals surface area contributed by atoms with E-state index in [-0.39, 0.29) is 18.0 Å². The molecule has 0 N–H and O–H groups in total. The number of ether oxygens (including phenoxy) is 2. The molecule has 16 heavy (non-hydrogen) atoms. The zero-order valence-corrected chi connectivity index (χ0v) is 9.19. The van der Waals surface area contributed by atoms with Crippen molar-refractivity contribution in [3.63, 3.8) is 0 Å². The molecule has 0 heterocycles. The van der Waals surface area contributed by atoms with Gasteiger partial charge in [-0.3, -0.25) is 4.79 Å². The highest BCUT2D eigenvalue weighted by Crippen LogP contribution is 2.30. The summed E-state index contributed by atoms with van der Waals surface area (Å²) in [6.45, 7) is 0. The number of hydrogen-bond acceptors (Lipinski definition) is 4. The van der Waals surface area contributed by atoms with Crippen LogP contribution in [0.3, 0.4) is 0 Å². The molecule has 2 aliphatic carbocycles. The van der Waals surface area contributed by atoms with Crippen molar-refractivity contribution in [1.82, 2.24) is 0 Å². The quantitative estimate of drug-likeness (QED) is 0.416. The summed E-state index contributed by atoms with van der Waals surface area (Å²) in [5.74, 6) is -0.615. The Morgan fingerprint density at radius 2 is 1.75 bits per heavy atom. The first-order valence-electron chi connectivity index (χ1n) is 5.83. The van der Waals surface area contributed by atoms with Crippen LogP contribution in [0.25, 0.3) is 0 Å². The molecule has 0 bridgehead atoms. The molecule has 0 aromatic rings. The molecule has 2 rings (SSSR count). The Kier molecular flexibility index (Phi) is 3.59. The van der Waals surface area contributed by atoms with E-state index < -0.39 is 5.97 Å². The monoisotopic (exact) mass is 224 g/mol. The van der Waals surface area contributed by atoms with Gasteiger partial charge >= 0.3 is 11.9 Å².